The number of likely N-dealkylation sites (tertiary alicyclic amines) is 1. The Bertz CT molecular complexity index is 801. The number of hydrogen-bond acceptors (Lipinski definition) is 6. The van der Waals surface area contributed by atoms with Crippen molar-refractivity contribution in [1.82, 2.24) is 15.2 Å². The number of carbonyl (C=O) groups excluding carboxylic acids is 2. The van der Waals surface area contributed by atoms with Crippen LogP contribution in [0.3, 0.4) is 0 Å². The molecule has 2 heterocycles. The summed E-state index contributed by atoms with van der Waals surface area (Å²) < 4.78 is 10.7. The summed E-state index contributed by atoms with van der Waals surface area (Å²) in [7, 11) is 0. The first-order valence-corrected chi connectivity index (χ1v) is 10.2. The van der Waals surface area contributed by atoms with Gasteiger partial charge in [0.25, 0.3) is 5.91 Å². The monoisotopic (exact) mass is 403 g/mol. The Morgan fingerprint density at radius 3 is 2.64 bits per heavy atom. The van der Waals surface area contributed by atoms with Crippen molar-refractivity contribution in [2.24, 2.45) is 0 Å². The zero-order valence-electron chi connectivity index (χ0n) is 16.1. The van der Waals surface area contributed by atoms with Crippen LogP contribution in [-0.2, 0) is 11.3 Å². The summed E-state index contributed by atoms with van der Waals surface area (Å²) in [6.07, 6.45) is 1.15. The third-order valence-electron chi connectivity index (χ3n) is 4.51. The van der Waals surface area contributed by atoms with Gasteiger partial charge in [0.1, 0.15) is 22.2 Å². The number of nitrogens with one attached hydrogen (secondary N) is 1. The molecule has 0 atom stereocenters. The molecule has 0 spiro atoms. The van der Waals surface area contributed by atoms with Crippen LogP contribution in [0.2, 0.25) is 0 Å². The van der Waals surface area contributed by atoms with Gasteiger partial charge >= 0.3 is 6.09 Å². The number of hydrogen-bond donors (Lipinski definition) is 1. The van der Waals surface area contributed by atoms with E-state index in [1.165, 1.54) is 11.3 Å². The van der Waals surface area contributed by atoms with Crippen molar-refractivity contribution in [2.45, 2.75) is 39.3 Å². The number of benzene rings is 1. The minimum Gasteiger partial charge on any atom is -0.486 e. The van der Waals surface area contributed by atoms with E-state index in [0.717, 1.165) is 10.8 Å². The molecule has 1 aromatic heterocycles. The number of para-hydroxylation sites is 1. The van der Waals surface area contributed by atoms with Gasteiger partial charge in [-0.2, -0.15) is 0 Å². The molecule has 2 amide bonds. The number of carbonyl (C=O) groups is 2. The van der Waals surface area contributed by atoms with Crippen LogP contribution in [0.4, 0.5) is 4.79 Å². The highest BCUT2D eigenvalue weighted by Gasteiger charge is 2.26. The molecule has 7 nitrogen and oxygen atoms in total. The van der Waals surface area contributed by atoms with Gasteiger partial charge in [0, 0.05) is 19.1 Å². The average Bonchev–Trinajstić information content (AvgIpc) is 3.09. The molecule has 8 heteroatoms. The van der Waals surface area contributed by atoms with Crippen LogP contribution in [0.15, 0.2) is 30.3 Å². The Labute approximate surface area is 168 Å². The van der Waals surface area contributed by atoms with Gasteiger partial charge in [-0.25, -0.2) is 9.78 Å². The predicted octanol–water partition coefficient (Wildman–Crippen LogP) is 3.38. The van der Waals surface area contributed by atoms with Crippen LogP contribution in [0, 0.1) is 6.92 Å². The Balaban J connectivity index is 1.51. The van der Waals surface area contributed by atoms with Crippen molar-refractivity contribution in [3.8, 4) is 5.75 Å². The zero-order chi connectivity index (χ0) is 19.9. The third kappa shape index (κ3) is 5.22. The normalized spacial score (nSPS) is 14.6. The van der Waals surface area contributed by atoms with E-state index in [2.05, 4.69) is 10.3 Å². The number of ether oxygens (including phenoxy) is 2. The molecule has 2 aromatic rings. The van der Waals surface area contributed by atoms with E-state index in [9.17, 15) is 9.59 Å². The minimum atomic E-state index is -0.284. The molecule has 0 aliphatic carbocycles. The lowest BCUT2D eigenvalue weighted by molar-refractivity contribution is 0.0862. The van der Waals surface area contributed by atoms with Crippen molar-refractivity contribution in [3.63, 3.8) is 0 Å². The lowest BCUT2D eigenvalue weighted by Crippen LogP contribution is -2.46. The van der Waals surface area contributed by atoms with Crippen molar-refractivity contribution in [1.29, 1.82) is 0 Å². The first-order chi connectivity index (χ1) is 13.6. The topological polar surface area (TPSA) is 80.8 Å². The highest BCUT2D eigenvalue weighted by Crippen LogP contribution is 2.21. The molecular formula is C20H25N3O4S. The number of rotatable bonds is 6. The van der Waals surface area contributed by atoms with Crippen LogP contribution < -0.4 is 10.1 Å². The molecule has 1 aromatic carbocycles. The molecule has 1 aliphatic rings. The second-order valence-corrected chi connectivity index (χ2v) is 7.64. The number of amides is 2. The molecule has 0 radical (unpaired) electrons. The van der Waals surface area contributed by atoms with Crippen LogP contribution in [-0.4, -0.2) is 47.6 Å². The second kappa shape index (κ2) is 9.54. The fraction of sp³-hybridized carbons (Fsp3) is 0.450. The van der Waals surface area contributed by atoms with Crippen molar-refractivity contribution >= 4 is 23.3 Å². The largest absolute Gasteiger partial charge is 0.486 e. The smallest absolute Gasteiger partial charge is 0.409 e. The molecule has 1 aliphatic heterocycles. The SMILES string of the molecule is CCOC(=O)N1CCC(NC(=O)c2sc(COc3ccccc3)nc2C)CC1. The molecule has 150 valence electrons. The van der Waals surface area contributed by atoms with E-state index in [-0.39, 0.29) is 18.0 Å². The van der Waals surface area contributed by atoms with E-state index in [1.807, 2.05) is 37.3 Å². The predicted molar refractivity (Wildman–Crippen MR) is 107 cm³/mol. The molecule has 0 saturated carbocycles. The lowest BCUT2D eigenvalue weighted by Gasteiger charge is -2.31. The van der Waals surface area contributed by atoms with Gasteiger partial charge < -0.3 is 19.7 Å². The number of piperidine rings is 1. The maximum atomic E-state index is 12.7. The summed E-state index contributed by atoms with van der Waals surface area (Å²) in [5, 5.41) is 3.83. The van der Waals surface area contributed by atoms with Gasteiger partial charge in [-0.3, -0.25) is 4.79 Å². The molecule has 0 unspecified atom stereocenters. The van der Waals surface area contributed by atoms with Gasteiger partial charge in [0.15, 0.2) is 0 Å². The quantitative estimate of drug-likeness (QED) is 0.800. The van der Waals surface area contributed by atoms with Crippen LogP contribution in [0.1, 0.15) is 40.1 Å². The van der Waals surface area contributed by atoms with E-state index >= 15 is 0 Å². The van der Waals surface area contributed by atoms with Crippen LogP contribution in [0.25, 0.3) is 0 Å². The first kappa shape index (κ1) is 20.1. The van der Waals surface area contributed by atoms with E-state index in [1.54, 1.807) is 11.8 Å². The average molecular weight is 404 g/mol. The summed E-state index contributed by atoms with van der Waals surface area (Å²) in [6, 6.07) is 9.57. The maximum absolute atomic E-state index is 12.7. The molecule has 28 heavy (non-hydrogen) atoms. The zero-order valence-corrected chi connectivity index (χ0v) is 17.0. The second-order valence-electron chi connectivity index (χ2n) is 6.56. The van der Waals surface area contributed by atoms with Crippen LogP contribution >= 0.6 is 11.3 Å². The van der Waals surface area contributed by atoms with Gasteiger partial charge in [-0.1, -0.05) is 18.2 Å². The summed E-state index contributed by atoms with van der Waals surface area (Å²) in [5.74, 6) is 0.658. The molecule has 1 fully saturated rings. The maximum Gasteiger partial charge on any atom is 0.409 e. The summed E-state index contributed by atoms with van der Waals surface area (Å²) in [5.41, 5.74) is 0.707. The van der Waals surface area contributed by atoms with Crippen LogP contribution in [0.5, 0.6) is 5.75 Å². The number of aryl methyl sites for hydroxylation is 1. The standard InChI is InChI=1S/C20H25N3O4S/c1-3-26-20(25)23-11-9-15(10-12-23)22-19(24)18-14(2)21-17(28-18)13-27-16-7-5-4-6-8-16/h4-8,15H,3,9-13H2,1-2H3,(H,22,24). The highest BCUT2D eigenvalue weighted by molar-refractivity contribution is 7.13. The molecule has 3 rings (SSSR count). The van der Waals surface area contributed by atoms with Crippen molar-refractivity contribution in [3.05, 3.63) is 45.9 Å². The molecule has 0 bridgehead atoms. The fourth-order valence-electron chi connectivity index (χ4n) is 3.06. The Morgan fingerprint density at radius 1 is 1.25 bits per heavy atom. The molecule has 1 saturated heterocycles. The number of nitrogens with zero attached hydrogens (tertiary/aromatic N) is 2. The molecule has 1 N–H and O–H groups in total. The summed E-state index contributed by atoms with van der Waals surface area (Å²) in [6.45, 7) is 5.50. The van der Waals surface area contributed by atoms with Gasteiger partial charge in [0.2, 0.25) is 0 Å². The van der Waals surface area contributed by atoms with E-state index in [4.69, 9.17) is 9.47 Å². The van der Waals surface area contributed by atoms with Crippen molar-refractivity contribution < 1.29 is 19.1 Å². The first-order valence-electron chi connectivity index (χ1n) is 9.43. The number of thiazole rings is 1. The minimum absolute atomic E-state index is 0.0451. The van der Waals surface area contributed by atoms with E-state index in [0.29, 0.717) is 49.7 Å². The van der Waals surface area contributed by atoms with E-state index < -0.39 is 0 Å². The van der Waals surface area contributed by atoms with Gasteiger partial charge in [-0.15, -0.1) is 11.3 Å². The summed E-state index contributed by atoms with van der Waals surface area (Å²) in [4.78, 5) is 31.2. The third-order valence-corrected chi connectivity index (χ3v) is 5.64. The Hall–Kier alpha value is -2.61. The highest BCUT2D eigenvalue weighted by atomic mass is 32.1. The van der Waals surface area contributed by atoms with Crippen molar-refractivity contribution in [2.75, 3.05) is 19.7 Å². The molecular weight excluding hydrogens is 378 g/mol. The number of aromatic nitrogens is 1. The fourth-order valence-corrected chi connectivity index (χ4v) is 3.94. The Morgan fingerprint density at radius 2 is 1.96 bits per heavy atom. The van der Waals surface area contributed by atoms with Gasteiger partial charge in [0.05, 0.1) is 12.3 Å². The summed E-state index contributed by atoms with van der Waals surface area (Å²) >= 11 is 1.35. The Kier molecular flexibility index (Phi) is 6.86. The lowest BCUT2D eigenvalue weighted by atomic mass is 10.1. The van der Waals surface area contributed by atoms with Gasteiger partial charge in [-0.05, 0) is 38.8 Å².